The van der Waals surface area contributed by atoms with Crippen LogP contribution in [0.3, 0.4) is 0 Å². The lowest BCUT2D eigenvalue weighted by molar-refractivity contribution is 1.15. The van der Waals surface area contributed by atoms with Gasteiger partial charge in [-0.1, -0.05) is 152 Å². The summed E-state index contributed by atoms with van der Waals surface area (Å²) >= 11 is 1.85. The summed E-state index contributed by atoms with van der Waals surface area (Å²) in [6.07, 6.45) is 0. The molecule has 0 N–H and O–H groups in total. The molecule has 0 unspecified atom stereocenters. The minimum atomic E-state index is 1.14. The van der Waals surface area contributed by atoms with Crippen LogP contribution in [0, 0.1) is 0 Å². The van der Waals surface area contributed by atoms with Gasteiger partial charge in [-0.05, 0) is 111 Å². The smallest absolute Gasteiger partial charge is 0.0788 e. The van der Waals surface area contributed by atoms with Crippen LogP contribution in [-0.2, 0) is 0 Å². The molecule has 0 fully saturated rings. The van der Waals surface area contributed by atoms with Gasteiger partial charge >= 0.3 is 0 Å². The molecule has 3 aromatic heterocycles. The molecule has 0 atom stereocenters. The zero-order chi connectivity index (χ0) is 38.9. The van der Waals surface area contributed by atoms with Crippen molar-refractivity contribution in [1.82, 2.24) is 9.13 Å². The fourth-order valence-electron chi connectivity index (χ4n) is 9.11. The van der Waals surface area contributed by atoms with Gasteiger partial charge in [-0.3, -0.25) is 0 Å². The Morgan fingerprint density at radius 1 is 0.271 bits per heavy atom. The molecule has 59 heavy (non-hydrogen) atoms. The van der Waals surface area contributed by atoms with Crippen LogP contribution < -0.4 is 0 Å². The molecule has 12 aromatic rings. The summed E-state index contributed by atoms with van der Waals surface area (Å²) in [5.74, 6) is 0. The third kappa shape index (κ3) is 5.55. The third-order valence-electron chi connectivity index (χ3n) is 11.9. The number of fused-ring (bicyclic) bond motifs is 8. The lowest BCUT2D eigenvalue weighted by atomic mass is 10.0. The van der Waals surface area contributed by atoms with E-state index in [1.807, 2.05) is 11.3 Å². The van der Waals surface area contributed by atoms with E-state index >= 15 is 0 Å². The van der Waals surface area contributed by atoms with Gasteiger partial charge in [0.25, 0.3) is 0 Å². The molecule has 0 aliphatic carbocycles. The number of hydrogen-bond acceptors (Lipinski definition) is 1. The molecule has 276 valence electrons. The van der Waals surface area contributed by atoms with Crippen LogP contribution in [0.1, 0.15) is 0 Å². The molecule has 0 bridgehead atoms. The van der Waals surface area contributed by atoms with E-state index < -0.39 is 0 Å². The molecule has 12 rings (SSSR count). The van der Waals surface area contributed by atoms with Crippen molar-refractivity contribution >= 4 is 65.7 Å². The molecule has 0 aliphatic rings. The highest BCUT2D eigenvalue weighted by Crippen LogP contribution is 2.44. The Labute approximate surface area is 346 Å². The van der Waals surface area contributed by atoms with Gasteiger partial charge in [0.05, 0.1) is 22.1 Å². The molecule has 3 heterocycles. The first-order valence-electron chi connectivity index (χ1n) is 20.2. The SMILES string of the molecule is c1ccc(-c2ccc3c(c2)c2ccc4c5cc(-c6ccccc6)ccc5n(-c5ccc6cc(-c7ccc(-c8ccccc8)s7)ccc6c5)c4c2n3-c2ccccc2)cc1. The van der Waals surface area contributed by atoms with Crippen LogP contribution in [0.15, 0.2) is 218 Å². The molecular weight excluding hydrogens is 733 g/mol. The number of hydrogen-bond donors (Lipinski definition) is 0. The average Bonchev–Trinajstić information content (AvgIpc) is 4.03. The second-order valence-corrected chi connectivity index (χ2v) is 16.4. The quantitative estimate of drug-likeness (QED) is 0.159. The molecule has 0 spiro atoms. The van der Waals surface area contributed by atoms with Crippen molar-refractivity contribution in [2.24, 2.45) is 0 Å². The minimum absolute atomic E-state index is 1.14. The van der Waals surface area contributed by atoms with Crippen LogP contribution in [0.5, 0.6) is 0 Å². The fraction of sp³-hybridized carbons (Fsp3) is 0. The lowest BCUT2D eigenvalue weighted by Crippen LogP contribution is -1.98. The average molecular weight is 769 g/mol. The first kappa shape index (κ1) is 33.7. The summed E-state index contributed by atoms with van der Waals surface area (Å²) < 4.78 is 4.99. The number of nitrogens with zero attached hydrogens (tertiary/aromatic N) is 2. The first-order chi connectivity index (χ1) is 29.2. The van der Waals surface area contributed by atoms with E-state index in [4.69, 9.17) is 0 Å². The van der Waals surface area contributed by atoms with E-state index in [9.17, 15) is 0 Å². The Bertz CT molecular complexity index is 3520. The molecule has 0 radical (unpaired) electrons. The molecule has 9 aromatic carbocycles. The summed E-state index contributed by atoms with van der Waals surface area (Å²) in [4.78, 5) is 2.56. The summed E-state index contributed by atoms with van der Waals surface area (Å²) in [6.45, 7) is 0. The summed E-state index contributed by atoms with van der Waals surface area (Å²) in [5.41, 5.74) is 14.4. The molecular formula is C56H36N2S. The van der Waals surface area contributed by atoms with E-state index in [1.54, 1.807) is 0 Å². The van der Waals surface area contributed by atoms with Crippen LogP contribution in [-0.4, -0.2) is 9.13 Å². The summed E-state index contributed by atoms with van der Waals surface area (Å²) in [5, 5.41) is 7.38. The summed E-state index contributed by atoms with van der Waals surface area (Å²) in [7, 11) is 0. The van der Waals surface area contributed by atoms with E-state index in [1.165, 1.54) is 97.5 Å². The Hall–Kier alpha value is -7.46. The molecule has 3 heteroatoms. The van der Waals surface area contributed by atoms with Gasteiger partial charge < -0.3 is 9.13 Å². The summed E-state index contributed by atoms with van der Waals surface area (Å²) in [6, 6.07) is 80.0. The largest absolute Gasteiger partial charge is 0.307 e. The van der Waals surface area contributed by atoms with Gasteiger partial charge in [0.2, 0.25) is 0 Å². The van der Waals surface area contributed by atoms with Crippen molar-refractivity contribution in [3.63, 3.8) is 0 Å². The molecule has 0 saturated heterocycles. The number of para-hydroxylation sites is 1. The van der Waals surface area contributed by atoms with Gasteiger partial charge in [0.1, 0.15) is 0 Å². The number of rotatable bonds is 6. The predicted molar refractivity (Wildman–Crippen MR) is 252 cm³/mol. The minimum Gasteiger partial charge on any atom is -0.307 e. The standard InChI is InChI=1S/C56H36N2S/c1-5-13-37(14-6-1)42-24-29-51-49(35-42)47-27-28-48-50-36-43(38-15-7-2-8-16-38)25-30-52(50)58(56(48)55(47)57(51)45-19-11-4-12-20-45)46-26-23-40-33-44(22-21-41(40)34-46)54-32-31-53(59-54)39-17-9-3-10-18-39/h1-36H. The van der Waals surface area contributed by atoms with E-state index in [-0.39, 0.29) is 0 Å². The maximum absolute atomic E-state index is 2.51. The van der Waals surface area contributed by atoms with Gasteiger partial charge in [0, 0.05) is 42.7 Å². The van der Waals surface area contributed by atoms with Gasteiger partial charge in [-0.25, -0.2) is 0 Å². The molecule has 0 aliphatic heterocycles. The van der Waals surface area contributed by atoms with Crippen molar-refractivity contribution in [3.05, 3.63) is 218 Å². The Kier molecular flexibility index (Phi) is 7.75. The third-order valence-corrected chi connectivity index (χ3v) is 13.1. The normalized spacial score (nSPS) is 11.7. The van der Waals surface area contributed by atoms with Gasteiger partial charge in [-0.15, -0.1) is 11.3 Å². The second-order valence-electron chi connectivity index (χ2n) is 15.3. The van der Waals surface area contributed by atoms with Gasteiger partial charge in [-0.2, -0.15) is 0 Å². The first-order valence-corrected chi connectivity index (χ1v) is 21.0. The second kappa shape index (κ2) is 13.6. The Balaban J connectivity index is 1.12. The highest BCUT2D eigenvalue weighted by atomic mass is 32.1. The van der Waals surface area contributed by atoms with Gasteiger partial charge in [0.15, 0.2) is 0 Å². The van der Waals surface area contributed by atoms with Crippen molar-refractivity contribution in [1.29, 1.82) is 0 Å². The van der Waals surface area contributed by atoms with Crippen LogP contribution in [0.4, 0.5) is 0 Å². The zero-order valence-corrected chi connectivity index (χ0v) is 32.9. The predicted octanol–water partition coefficient (Wildman–Crippen LogP) is 15.8. The zero-order valence-electron chi connectivity index (χ0n) is 32.1. The van der Waals surface area contributed by atoms with Crippen molar-refractivity contribution in [2.45, 2.75) is 0 Å². The molecule has 0 amide bonds. The monoisotopic (exact) mass is 768 g/mol. The van der Waals surface area contributed by atoms with Crippen LogP contribution >= 0.6 is 11.3 Å². The number of aromatic nitrogens is 2. The van der Waals surface area contributed by atoms with E-state index in [2.05, 4.69) is 228 Å². The van der Waals surface area contributed by atoms with Crippen LogP contribution in [0.25, 0.3) is 109 Å². The van der Waals surface area contributed by atoms with E-state index in [0.29, 0.717) is 0 Å². The Morgan fingerprint density at radius 2 is 0.729 bits per heavy atom. The molecule has 2 nitrogen and oxygen atoms in total. The van der Waals surface area contributed by atoms with Crippen molar-refractivity contribution < 1.29 is 0 Å². The van der Waals surface area contributed by atoms with Crippen LogP contribution in [0.2, 0.25) is 0 Å². The number of thiophene rings is 1. The van der Waals surface area contributed by atoms with Crippen molar-refractivity contribution in [2.75, 3.05) is 0 Å². The lowest BCUT2D eigenvalue weighted by Gasteiger charge is -2.13. The van der Waals surface area contributed by atoms with Crippen molar-refractivity contribution in [3.8, 4) is 54.5 Å². The Morgan fingerprint density at radius 3 is 1.31 bits per heavy atom. The number of benzene rings is 9. The van der Waals surface area contributed by atoms with E-state index in [0.717, 1.165) is 11.4 Å². The topological polar surface area (TPSA) is 9.86 Å². The molecule has 0 saturated carbocycles. The highest BCUT2D eigenvalue weighted by molar-refractivity contribution is 7.18. The maximum Gasteiger partial charge on any atom is 0.0788 e. The fourth-order valence-corrected chi connectivity index (χ4v) is 10.1. The highest BCUT2D eigenvalue weighted by Gasteiger charge is 2.22. The maximum atomic E-state index is 2.51.